The standard InChI is InChI=1S/C40H54N9O28P3/c1-17-12-49(40(58)45-33(17)54)26-11-18(51)20(71-26)14-68-78(59,60)76-29-22(74-36(32(29)67-4)48-10-7-25(53)44-39(48)57)16-70-80(63,64)77-28-21(73-35(31(28)66-3)46-8-5-23(41)42-37(46)55)15-69-79(61,62)75-27-19(13-50)72-34(30(27)65-2)47-9-6-24(52)43-38(47)56/h5-10,12,18-22,26-32,34-36,50-51H,11,13-16H2,1-4H3,(H,59,60)(H,61,62)(H,63,64)(H2,41,42,55)(H,43,52,56)(H,44,53,57)(H,45,54,58)/t18-,19+,20+,21+,22+,26+,27+,28+,29+,30+,31+,32+,34+,35+,36+/m0/s1. The summed E-state index contributed by atoms with van der Waals surface area (Å²) in [5.74, 6) is -0.228. The number of aliphatic hydroxyl groups is 2. The number of aromatic nitrogens is 8. The minimum atomic E-state index is -5.62. The molecule has 0 amide bonds. The number of nitrogens with two attached hydrogens (primary N) is 1. The lowest BCUT2D eigenvalue weighted by Crippen LogP contribution is -2.40. The van der Waals surface area contributed by atoms with Crippen LogP contribution in [-0.4, -0.2) is 178 Å². The summed E-state index contributed by atoms with van der Waals surface area (Å²) in [6.45, 7) is -2.57. The third-order valence-electron chi connectivity index (χ3n) is 12.9. The zero-order valence-electron chi connectivity index (χ0n) is 42.0. The van der Waals surface area contributed by atoms with Crippen molar-refractivity contribution in [2.24, 2.45) is 0 Å². The molecular formula is C40H54N9O28P3. The van der Waals surface area contributed by atoms with Crippen LogP contribution in [0.5, 0.6) is 0 Å². The Labute approximate surface area is 446 Å². The first-order chi connectivity index (χ1) is 37.8. The van der Waals surface area contributed by atoms with Crippen LogP contribution in [-0.2, 0) is 74.0 Å². The van der Waals surface area contributed by atoms with Crippen LogP contribution in [0.1, 0.15) is 36.9 Å². The van der Waals surface area contributed by atoms with Crippen molar-refractivity contribution >= 4 is 29.3 Å². The van der Waals surface area contributed by atoms with E-state index in [1.165, 1.54) is 19.2 Å². The number of nitrogen functional groups attached to an aromatic ring is 1. The minimum Gasteiger partial charge on any atom is -0.394 e. The minimum absolute atomic E-state index is 0.132. The smallest absolute Gasteiger partial charge is 0.394 e. The van der Waals surface area contributed by atoms with Gasteiger partial charge in [-0.25, -0.2) is 32.9 Å². The topological polar surface area (TPSA) is 498 Å². The summed E-state index contributed by atoms with van der Waals surface area (Å²) in [6.07, 6.45) is -19.9. The third kappa shape index (κ3) is 13.4. The summed E-state index contributed by atoms with van der Waals surface area (Å²) in [7, 11) is -13.2. The fourth-order valence-corrected chi connectivity index (χ4v) is 12.0. The number of nitrogens with one attached hydrogen (secondary N) is 3. The number of ether oxygens (including phenoxy) is 7. The average Bonchev–Trinajstić information content (AvgIpc) is 4.28. The maximum absolute atomic E-state index is 14.1. The van der Waals surface area contributed by atoms with Crippen LogP contribution >= 0.6 is 23.5 Å². The summed E-state index contributed by atoms with van der Waals surface area (Å²) < 4.78 is 117. The number of anilines is 1. The highest BCUT2D eigenvalue weighted by Crippen LogP contribution is 2.54. The summed E-state index contributed by atoms with van der Waals surface area (Å²) in [6, 6.07) is 3.06. The second-order valence-corrected chi connectivity index (χ2v) is 22.2. The number of aromatic amines is 3. The van der Waals surface area contributed by atoms with Gasteiger partial charge in [-0.1, -0.05) is 0 Å². The number of phosphoric acid groups is 3. The molecule has 4 saturated heterocycles. The molecule has 4 fully saturated rings. The monoisotopic (exact) mass is 1200 g/mol. The van der Waals surface area contributed by atoms with Gasteiger partial charge in [0.1, 0.15) is 73.1 Å². The van der Waals surface area contributed by atoms with E-state index < -0.39 is 181 Å². The molecule has 4 aromatic rings. The highest BCUT2D eigenvalue weighted by Gasteiger charge is 2.55. The Kier molecular flexibility index (Phi) is 18.7. The lowest BCUT2D eigenvalue weighted by molar-refractivity contribution is -0.0674. The van der Waals surface area contributed by atoms with E-state index in [4.69, 9.17) is 66.0 Å². The van der Waals surface area contributed by atoms with E-state index >= 15 is 0 Å². The molecular weight excluding hydrogens is 1150 g/mol. The van der Waals surface area contributed by atoms with Crippen LogP contribution in [0.3, 0.4) is 0 Å². The maximum Gasteiger partial charge on any atom is 0.472 e. The van der Waals surface area contributed by atoms with Crippen molar-refractivity contribution in [3.63, 3.8) is 0 Å². The van der Waals surface area contributed by atoms with Crippen molar-refractivity contribution in [1.82, 2.24) is 38.2 Å². The van der Waals surface area contributed by atoms with Gasteiger partial charge in [0.05, 0.1) is 32.5 Å². The van der Waals surface area contributed by atoms with E-state index in [1.807, 2.05) is 9.97 Å². The quantitative estimate of drug-likeness (QED) is 0.0317. The van der Waals surface area contributed by atoms with Crippen molar-refractivity contribution < 1.29 is 98.9 Å². The molecule has 10 N–H and O–H groups in total. The largest absolute Gasteiger partial charge is 0.472 e. The molecule has 40 heteroatoms. The second-order valence-electron chi connectivity index (χ2n) is 18.0. The molecule has 3 unspecified atom stereocenters. The Balaban J connectivity index is 1.01. The molecule has 442 valence electrons. The van der Waals surface area contributed by atoms with E-state index in [1.54, 1.807) is 0 Å². The Morgan fingerprint density at radius 1 is 0.600 bits per heavy atom. The van der Waals surface area contributed by atoms with Crippen LogP contribution in [0.25, 0.3) is 0 Å². The zero-order valence-corrected chi connectivity index (χ0v) is 44.7. The summed E-state index contributed by atoms with van der Waals surface area (Å²) in [4.78, 5) is 130. The molecule has 0 aliphatic carbocycles. The molecule has 0 spiro atoms. The Morgan fingerprint density at radius 3 is 1.45 bits per heavy atom. The first-order valence-corrected chi connectivity index (χ1v) is 28.0. The zero-order chi connectivity index (χ0) is 58.2. The maximum atomic E-state index is 14.1. The van der Waals surface area contributed by atoms with E-state index in [9.17, 15) is 72.2 Å². The molecule has 0 bridgehead atoms. The Morgan fingerprint density at radius 2 is 1.01 bits per heavy atom. The number of hydrogen-bond acceptors (Lipinski definition) is 27. The van der Waals surface area contributed by atoms with Gasteiger partial charge < -0.3 is 63.8 Å². The van der Waals surface area contributed by atoms with Crippen molar-refractivity contribution in [3.05, 3.63) is 122 Å². The van der Waals surface area contributed by atoms with Crippen molar-refractivity contribution in [3.8, 4) is 0 Å². The normalized spacial score (nSPS) is 31.9. The predicted octanol–water partition coefficient (Wildman–Crippen LogP) is -4.33. The lowest BCUT2D eigenvalue weighted by Gasteiger charge is -2.28. The SMILES string of the molecule is CO[C@@H]1[C@H](OP(=O)(O)OC[C@H]2O[C@@H](n3ccc(=O)[nH]c3=O)[C@H](OC)[C@@H]2OP(=O)(O)OC[C@H]2O[C@@H](n3cc(C)c(=O)[nH]c3=O)C[C@@H]2O)[C@@H](COP(=O)(O)O[C@H]2[C@@H](OC)[C@H](n3ccc(=O)[nH]c3=O)O[C@@H]2CO)O[C@H]1n1ccc(N)nc1=O. The molecule has 0 radical (unpaired) electrons. The molecule has 4 aromatic heterocycles. The van der Waals surface area contributed by atoms with Crippen molar-refractivity contribution in [2.45, 2.75) is 105 Å². The first-order valence-electron chi connectivity index (χ1n) is 23.5. The van der Waals surface area contributed by atoms with Gasteiger partial charge >= 0.3 is 46.2 Å². The fraction of sp³-hybridized carbons (Fsp3) is 0.600. The van der Waals surface area contributed by atoms with Gasteiger partial charge in [0, 0.05) is 70.2 Å². The van der Waals surface area contributed by atoms with Gasteiger partial charge in [-0.2, -0.15) is 4.98 Å². The average molecular weight is 1200 g/mol. The van der Waals surface area contributed by atoms with E-state index in [2.05, 4.69) is 9.97 Å². The summed E-state index contributed by atoms with van der Waals surface area (Å²) in [5.41, 5.74) is -0.422. The molecule has 37 nitrogen and oxygen atoms in total. The highest BCUT2D eigenvalue weighted by atomic mass is 31.2. The van der Waals surface area contributed by atoms with Crippen LogP contribution < -0.4 is 45.2 Å². The number of methoxy groups -OCH3 is 3. The molecule has 80 heavy (non-hydrogen) atoms. The molecule has 8 rings (SSSR count). The molecule has 8 heterocycles. The number of H-pyrrole nitrogens is 3. The number of nitrogens with zero attached hydrogens (tertiary/aromatic N) is 5. The number of phosphoric ester groups is 3. The first kappa shape index (κ1) is 60.8. The molecule has 0 aromatic carbocycles. The number of rotatable bonds is 23. The van der Waals surface area contributed by atoms with Crippen LogP contribution in [0.2, 0.25) is 0 Å². The lowest BCUT2D eigenvalue weighted by atomic mass is 10.1. The third-order valence-corrected chi connectivity index (χ3v) is 15.8. The Hall–Kier alpha value is -5.31. The van der Waals surface area contributed by atoms with Crippen LogP contribution in [0.4, 0.5) is 5.82 Å². The number of aliphatic hydroxyl groups excluding tert-OH is 2. The summed E-state index contributed by atoms with van der Waals surface area (Å²) in [5, 5.41) is 20.9. The van der Waals surface area contributed by atoms with Gasteiger partial charge in [0.15, 0.2) is 18.7 Å². The van der Waals surface area contributed by atoms with Crippen molar-refractivity contribution in [1.29, 1.82) is 0 Å². The Bertz CT molecular complexity index is 3460. The summed E-state index contributed by atoms with van der Waals surface area (Å²) >= 11 is 0. The molecule has 18 atom stereocenters. The number of hydrogen-bond donors (Lipinski definition) is 9. The number of aryl methyl sites for hydroxylation is 1. The van der Waals surface area contributed by atoms with Gasteiger partial charge in [0.25, 0.3) is 16.7 Å². The van der Waals surface area contributed by atoms with E-state index in [0.717, 1.165) is 70.3 Å². The predicted molar refractivity (Wildman–Crippen MR) is 259 cm³/mol. The van der Waals surface area contributed by atoms with E-state index in [-0.39, 0.29) is 17.8 Å². The van der Waals surface area contributed by atoms with Gasteiger partial charge in [-0.05, 0) is 13.0 Å². The van der Waals surface area contributed by atoms with Gasteiger partial charge in [-0.3, -0.25) is 74.7 Å². The van der Waals surface area contributed by atoms with Gasteiger partial charge in [0.2, 0.25) is 0 Å². The fourth-order valence-electron chi connectivity index (χ4n) is 9.11. The second kappa shape index (κ2) is 24.6. The van der Waals surface area contributed by atoms with E-state index in [0.29, 0.717) is 0 Å². The van der Waals surface area contributed by atoms with Crippen molar-refractivity contribution in [2.75, 3.05) is 53.5 Å². The van der Waals surface area contributed by atoms with Gasteiger partial charge in [-0.15, -0.1) is 0 Å². The molecule has 0 saturated carbocycles. The molecule has 4 aliphatic heterocycles. The molecule has 4 aliphatic rings. The van der Waals surface area contributed by atoms with Crippen LogP contribution in [0.15, 0.2) is 76.5 Å². The highest BCUT2D eigenvalue weighted by molar-refractivity contribution is 7.48. The van der Waals surface area contributed by atoms with Crippen LogP contribution in [0, 0.1) is 6.92 Å².